The molecule has 0 spiro atoms. The lowest BCUT2D eigenvalue weighted by Crippen LogP contribution is -2.45. The van der Waals surface area contributed by atoms with E-state index in [9.17, 15) is 14.4 Å². The van der Waals surface area contributed by atoms with Crippen LogP contribution in [0.2, 0.25) is 0 Å². The molecule has 0 unspecified atom stereocenters. The van der Waals surface area contributed by atoms with Crippen LogP contribution < -0.4 is 29.6 Å². The number of hydrogen-bond acceptors (Lipinski definition) is 7. The highest BCUT2D eigenvalue weighted by molar-refractivity contribution is 6.12. The number of carbonyl (C=O) groups excluding carboxylic acids is 3. The van der Waals surface area contributed by atoms with Gasteiger partial charge in [-0.1, -0.05) is 24.3 Å². The van der Waals surface area contributed by atoms with E-state index < -0.39 is 29.9 Å². The van der Waals surface area contributed by atoms with E-state index in [1.165, 1.54) is 14.2 Å². The predicted molar refractivity (Wildman–Crippen MR) is 128 cm³/mol. The molecule has 2 heterocycles. The second-order valence-corrected chi connectivity index (χ2v) is 8.14. The topological polar surface area (TPSA) is 115 Å². The van der Waals surface area contributed by atoms with Crippen molar-refractivity contribution in [2.45, 2.75) is 5.54 Å². The Labute approximate surface area is 206 Å². The van der Waals surface area contributed by atoms with E-state index in [1.807, 2.05) is 0 Å². The third-order valence-corrected chi connectivity index (χ3v) is 6.11. The highest BCUT2D eigenvalue weighted by Gasteiger charge is 2.54. The van der Waals surface area contributed by atoms with Gasteiger partial charge in [-0.25, -0.2) is 4.79 Å². The van der Waals surface area contributed by atoms with Crippen LogP contribution in [0.4, 0.5) is 10.5 Å². The Balaban J connectivity index is 1.44. The van der Waals surface area contributed by atoms with Crippen molar-refractivity contribution in [2.24, 2.45) is 0 Å². The van der Waals surface area contributed by atoms with Crippen molar-refractivity contribution in [1.29, 1.82) is 0 Å². The number of carbonyl (C=O) groups is 3. The van der Waals surface area contributed by atoms with Gasteiger partial charge in [-0.2, -0.15) is 0 Å². The highest BCUT2D eigenvalue weighted by Crippen LogP contribution is 2.38. The first kappa shape index (κ1) is 23.0. The average molecular weight is 489 g/mol. The van der Waals surface area contributed by atoms with E-state index in [-0.39, 0.29) is 6.79 Å². The second-order valence-electron chi connectivity index (χ2n) is 8.14. The minimum Gasteiger partial charge on any atom is -0.497 e. The predicted octanol–water partition coefficient (Wildman–Crippen LogP) is 2.87. The van der Waals surface area contributed by atoms with E-state index in [4.69, 9.17) is 18.9 Å². The van der Waals surface area contributed by atoms with E-state index in [2.05, 4.69) is 10.6 Å². The van der Waals surface area contributed by atoms with Gasteiger partial charge >= 0.3 is 6.03 Å². The number of methoxy groups -OCH3 is 2. The van der Waals surface area contributed by atoms with E-state index in [0.29, 0.717) is 39.8 Å². The fraction of sp³-hybridized carbons (Fsp3) is 0.192. The van der Waals surface area contributed by atoms with Gasteiger partial charge in [-0.05, 0) is 47.5 Å². The first-order valence-corrected chi connectivity index (χ1v) is 11.1. The molecule has 184 valence electrons. The van der Waals surface area contributed by atoms with Gasteiger partial charge in [0.25, 0.3) is 5.91 Å². The van der Waals surface area contributed by atoms with Gasteiger partial charge in [0.2, 0.25) is 12.7 Å². The summed E-state index contributed by atoms with van der Waals surface area (Å²) in [6, 6.07) is 17.9. The van der Waals surface area contributed by atoms with Crippen molar-refractivity contribution in [3.63, 3.8) is 0 Å². The monoisotopic (exact) mass is 489 g/mol. The smallest absolute Gasteiger partial charge is 0.326 e. The molecule has 36 heavy (non-hydrogen) atoms. The van der Waals surface area contributed by atoms with Crippen LogP contribution in [-0.4, -0.2) is 50.3 Å². The largest absolute Gasteiger partial charge is 0.497 e. The van der Waals surface area contributed by atoms with Crippen molar-refractivity contribution in [3.05, 3.63) is 77.9 Å². The Morgan fingerprint density at radius 2 is 1.50 bits per heavy atom. The van der Waals surface area contributed by atoms with Crippen LogP contribution in [0.1, 0.15) is 11.1 Å². The van der Waals surface area contributed by atoms with Crippen LogP contribution >= 0.6 is 0 Å². The summed E-state index contributed by atoms with van der Waals surface area (Å²) in [6.45, 7) is -0.374. The summed E-state index contributed by atoms with van der Waals surface area (Å²) < 4.78 is 21.1. The number of urea groups is 1. The summed E-state index contributed by atoms with van der Waals surface area (Å²) in [6.07, 6.45) is 0. The third-order valence-electron chi connectivity index (χ3n) is 6.11. The van der Waals surface area contributed by atoms with Crippen LogP contribution in [0.5, 0.6) is 23.0 Å². The number of hydrogen-bond donors (Lipinski definition) is 2. The van der Waals surface area contributed by atoms with E-state index in [0.717, 1.165) is 4.90 Å². The zero-order chi connectivity index (χ0) is 25.3. The zero-order valence-electron chi connectivity index (χ0n) is 19.6. The molecule has 3 aromatic rings. The lowest BCUT2D eigenvalue weighted by molar-refractivity contribution is -0.133. The lowest BCUT2D eigenvalue weighted by atomic mass is 9.82. The van der Waals surface area contributed by atoms with Crippen LogP contribution in [-0.2, 0) is 15.1 Å². The molecule has 0 aromatic heterocycles. The van der Waals surface area contributed by atoms with Crippen molar-refractivity contribution >= 4 is 23.5 Å². The van der Waals surface area contributed by atoms with Gasteiger partial charge in [-0.15, -0.1) is 0 Å². The summed E-state index contributed by atoms with van der Waals surface area (Å²) in [5.41, 5.74) is -0.0434. The molecular formula is C26H23N3O7. The molecule has 0 saturated carbocycles. The van der Waals surface area contributed by atoms with Crippen molar-refractivity contribution in [3.8, 4) is 23.0 Å². The molecule has 10 heteroatoms. The first-order chi connectivity index (χ1) is 17.4. The summed E-state index contributed by atoms with van der Waals surface area (Å²) >= 11 is 0. The molecule has 1 saturated heterocycles. The molecule has 1 fully saturated rings. The SMILES string of the molecule is COc1ccc(C2(c3ccc(OC)cc3)NC(=O)N(CC(=O)Nc3ccc4c(c3)OCO4)C2=O)cc1. The molecule has 0 aliphatic carbocycles. The molecule has 5 rings (SSSR count). The number of amides is 4. The van der Waals surface area contributed by atoms with Gasteiger partial charge < -0.3 is 29.6 Å². The molecule has 2 N–H and O–H groups in total. The minimum absolute atomic E-state index is 0.105. The molecular weight excluding hydrogens is 466 g/mol. The molecule has 2 aliphatic heterocycles. The van der Waals surface area contributed by atoms with Crippen LogP contribution in [0, 0.1) is 0 Å². The number of anilines is 1. The zero-order valence-corrected chi connectivity index (χ0v) is 19.6. The number of rotatable bonds is 7. The fourth-order valence-electron chi connectivity index (χ4n) is 4.28. The quantitative estimate of drug-likeness (QED) is 0.491. The van der Waals surface area contributed by atoms with Crippen LogP contribution in [0.3, 0.4) is 0 Å². The number of nitrogens with one attached hydrogen (secondary N) is 2. The highest BCUT2D eigenvalue weighted by atomic mass is 16.7. The average Bonchev–Trinajstić information content (AvgIpc) is 3.47. The number of fused-ring (bicyclic) bond motifs is 1. The van der Waals surface area contributed by atoms with Crippen molar-refractivity contribution in [2.75, 3.05) is 32.9 Å². The maximum atomic E-state index is 13.9. The third kappa shape index (κ3) is 3.92. The van der Waals surface area contributed by atoms with Crippen LogP contribution in [0.25, 0.3) is 0 Å². The van der Waals surface area contributed by atoms with Crippen molar-refractivity contribution in [1.82, 2.24) is 10.2 Å². The Morgan fingerprint density at radius 1 is 0.917 bits per heavy atom. The first-order valence-electron chi connectivity index (χ1n) is 11.1. The van der Waals surface area contributed by atoms with Gasteiger partial charge in [0, 0.05) is 11.8 Å². The Hall–Kier alpha value is -4.73. The maximum Gasteiger partial charge on any atom is 0.326 e. The Morgan fingerprint density at radius 3 is 2.08 bits per heavy atom. The van der Waals surface area contributed by atoms with Gasteiger partial charge in [-0.3, -0.25) is 14.5 Å². The molecule has 3 aromatic carbocycles. The van der Waals surface area contributed by atoms with Gasteiger partial charge in [0.15, 0.2) is 17.0 Å². The van der Waals surface area contributed by atoms with E-state index >= 15 is 0 Å². The molecule has 4 amide bonds. The lowest BCUT2D eigenvalue weighted by Gasteiger charge is -2.28. The summed E-state index contributed by atoms with van der Waals surface area (Å²) in [5, 5.41) is 5.51. The fourth-order valence-corrected chi connectivity index (χ4v) is 4.28. The van der Waals surface area contributed by atoms with Gasteiger partial charge in [0.05, 0.1) is 14.2 Å². The molecule has 0 atom stereocenters. The Bertz CT molecular complexity index is 1270. The second kappa shape index (κ2) is 9.14. The summed E-state index contributed by atoms with van der Waals surface area (Å²) in [4.78, 5) is 40.6. The summed E-state index contributed by atoms with van der Waals surface area (Å²) in [7, 11) is 3.08. The van der Waals surface area contributed by atoms with E-state index in [1.54, 1.807) is 66.7 Å². The normalized spacial score (nSPS) is 15.4. The number of ether oxygens (including phenoxy) is 4. The minimum atomic E-state index is -1.53. The van der Waals surface area contributed by atoms with Crippen molar-refractivity contribution < 1.29 is 33.3 Å². The molecule has 0 radical (unpaired) electrons. The Kier molecular flexibility index (Phi) is 5.85. The molecule has 2 aliphatic rings. The van der Waals surface area contributed by atoms with Crippen LogP contribution in [0.15, 0.2) is 66.7 Å². The number of nitrogens with zero attached hydrogens (tertiary/aromatic N) is 1. The van der Waals surface area contributed by atoms with Gasteiger partial charge in [0.1, 0.15) is 18.0 Å². The standard InChI is InChI=1S/C26H23N3O7/c1-33-19-8-3-16(4-9-19)26(17-5-10-20(34-2)11-6-17)24(31)29(25(32)28-26)14-23(30)27-18-7-12-21-22(13-18)36-15-35-21/h3-13H,14-15H2,1-2H3,(H,27,30)(H,28,32). The maximum absolute atomic E-state index is 13.9. The molecule has 10 nitrogen and oxygen atoms in total. The number of imide groups is 1. The molecule has 0 bridgehead atoms. The summed E-state index contributed by atoms with van der Waals surface area (Å²) in [5.74, 6) is 1.15. The number of benzene rings is 3.